The second kappa shape index (κ2) is 6.96. The lowest BCUT2D eigenvalue weighted by molar-refractivity contribution is 0.312. The smallest absolute Gasteiger partial charge is 0.138 e. The molecule has 0 saturated carbocycles. The molecular weight excluding hydrogens is 256 g/mol. The van der Waals surface area contributed by atoms with Gasteiger partial charge in [0.15, 0.2) is 0 Å². The molecule has 20 heavy (non-hydrogen) atoms. The highest BCUT2D eigenvalue weighted by atomic mass is 16.5. The monoisotopic (exact) mass is 276 g/mol. The highest BCUT2D eigenvalue weighted by Crippen LogP contribution is 2.16. The summed E-state index contributed by atoms with van der Waals surface area (Å²) >= 11 is 0. The van der Waals surface area contributed by atoms with Crippen LogP contribution in [0.5, 0.6) is 11.5 Å². The molecule has 0 amide bonds. The summed E-state index contributed by atoms with van der Waals surface area (Å²) in [6.07, 6.45) is 0. The number of methoxy groups -OCH3 is 1. The van der Waals surface area contributed by atoms with Gasteiger partial charge >= 0.3 is 0 Å². The molecule has 5 nitrogen and oxygen atoms in total. The molecule has 1 aromatic carbocycles. The maximum Gasteiger partial charge on any atom is 0.138 e. The third-order valence-corrected chi connectivity index (χ3v) is 3.09. The summed E-state index contributed by atoms with van der Waals surface area (Å²) in [5.41, 5.74) is 2.06. The molecule has 0 radical (unpaired) electrons. The number of ether oxygens (including phenoxy) is 2. The summed E-state index contributed by atoms with van der Waals surface area (Å²) in [4.78, 5) is 0. The molecule has 2 rings (SSSR count). The first kappa shape index (κ1) is 14.4. The van der Waals surface area contributed by atoms with Crippen LogP contribution >= 0.6 is 0 Å². The van der Waals surface area contributed by atoms with Crippen LogP contribution in [0.25, 0.3) is 0 Å². The molecule has 0 aliphatic carbocycles. The molecule has 0 bridgehead atoms. The summed E-state index contributed by atoms with van der Waals surface area (Å²) in [5, 5.41) is 7.23. The second-order valence-electron chi connectivity index (χ2n) is 4.50. The van der Waals surface area contributed by atoms with E-state index >= 15 is 0 Å². The van der Waals surface area contributed by atoms with E-state index in [4.69, 9.17) is 14.0 Å². The number of rotatable bonds is 7. The van der Waals surface area contributed by atoms with Gasteiger partial charge in [0.05, 0.1) is 12.8 Å². The number of aryl methyl sites for hydroxylation is 2. The van der Waals surface area contributed by atoms with Gasteiger partial charge in [0.1, 0.15) is 23.9 Å². The van der Waals surface area contributed by atoms with Crippen LogP contribution in [0.1, 0.15) is 17.0 Å². The van der Waals surface area contributed by atoms with Gasteiger partial charge in [-0.3, -0.25) is 0 Å². The average Bonchev–Trinajstić information content (AvgIpc) is 2.79. The van der Waals surface area contributed by atoms with Crippen LogP contribution in [0, 0.1) is 13.8 Å². The maximum atomic E-state index is 5.63. The van der Waals surface area contributed by atoms with E-state index in [9.17, 15) is 0 Å². The summed E-state index contributed by atoms with van der Waals surface area (Å²) < 4.78 is 15.8. The second-order valence-corrected chi connectivity index (χ2v) is 4.50. The minimum Gasteiger partial charge on any atom is -0.497 e. The summed E-state index contributed by atoms with van der Waals surface area (Å²) in [7, 11) is 1.65. The van der Waals surface area contributed by atoms with Crippen molar-refractivity contribution in [3.63, 3.8) is 0 Å². The fourth-order valence-corrected chi connectivity index (χ4v) is 1.88. The zero-order valence-electron chi connectivity index (χ0n) is 12.1. The minimum absolute atomic E-state index is 0.607. The van der Waals surface area contributed by atoms with Crippen molar-refractivity contribution in [3.8, 4) is 11.5 Å². The van der Waals surface area contributed by atoms with Crippen LogP contribution in [0.4, 0.5) is 0 Å². The van der Waals surface area contributed by atoms with Crippen molar-refractivity contribution in [3.05, 3.63) is 41.3 Å². The molecule has 0 aliphatic heterocycles. The van der Waals surface area contributed by atoms with Crippen LogP contribution in [0.15, 0.2) is 28.8 Å². The molecule has 1 heterocycles. The Labute approximate surface area is 118 Å². The molecule has 2 aromatic rings. The van der Waals surface area contributed by atoms with Crippen molar-refractivity contribution in [2.24, 2.45) is 0 Å². The van der Waals surface area contributed by atoms with E-state index < -0.39 is 0 Å². The van der Waals surface area contributed by atoms with Crippen LogP contribution in [-0.4, -0.2) is 25.4 Å². The Hall–Kier alpha value is -2.01. The molecule has 0 aliphatic rings. The maximum absolute atomic E-state index is 5.63. The first-order valence-corrected chi connectivity index (χ1v) is 6.60. The van der Waals surface area contributed by atoms with Crippen LogP contribution in [0.2, 0.25) is 0 Å². The topological polar surface area (TPSA) is 56.5 Å². The molecule has 0 spiro atoms. The first-order valence-electron chi connectivity index (χ1n) is 6.60. The van der Waals surface area contributed by atoms with Crippen molar-refractivity contribution >= 4 is 0 Å². The van der Waals surface area contributed by atoms with Crippen LogP contribution in [0.3, 0.4) is 0 Å². The number of aromatic nitrogens is 1. The third-order valence-electron chi connectivity index (χ3n) is 3.09. The summed E-state index contributed by atoms with van der Waals surface area (Å²) in [6.45, 7) is 5.98. The Morgan fingerprint density at radius 3 is 2.45 bits per heavy atom. The molecule has 0 unspecified atom stereocenters. The van der Waals surface area contributed by atoms with Crippen molar-refractivity contribution < 1.29 is 14.0 Å². The number of hydrogen-bond donors (Lipinski definition) is 1. The van der Waals surface area contributed by atoms with Gasteiger partial charge in [0.2, 0.25) is 0 Å². The van der Waals surface area contributed by atoms with Gasteiger partial charge in [-0.05, 0) is 38.1 Å². The fourth-order valence-electron chi connectivity index (χ4n) is 1.88. The predicted molar refractivity (Wildman–Crippen MR) is 76.2 cm³/mol. The molecule has 1 aromatic heterocycles. The van der Waals surface area contributed by atoms with Crippen LogP contribution in [-0.2, 0) is 6.54 Å². The van der Waals surface area contributed by atoms with Crippen molar-refractivity contribution in [1.82, 2.24) is 10.5 Å². The highest BCUT2D eigenvalue weighted by molar-refractivity contribution is 5.31. The van der Waals surface area contributed by atoms with Gasteiger partial charge in [-0.2, -0.15) is 0 Å². The Morgan fingerprint density at radius 1 is 1.15 bits per heavy atom. The van der Waals surface area contributed by atoms with E-state index in [1.54, 1.807) is 7.11 Å². The van der Waals surface area contributed by atoms with Gasteiger partial charge < -0.3 is 19.3 Å². The third kappa shape index (κ3) is 3.74. The summed E-state index contributed by atoms with van der Waals surface area (Å²) in [5.74, 6) is 2.53. The zero-order chi connectivity index (χ0) is 14.4. The lowest BCUT2D eigenvalue weighted by Crippen LogP contribution is -2.21. The molecule has 0 fully saturated rings. The normalized spacial score (nSPS) is 10.6. The number of benzene rings is 1. The average molecular weight is 276 g/mol. The zero-order valence-corrected chi connectivity index (χ0v) is 12.1. The van der Waals surface area contributed by atoms with E-state index in [1.165, 1.54) is 0 Å². The molecule has 1 N–H and O–H groups in total. The first-order chi connectivity index (χ1) is 9.70. The molecule has 0 atom stereocenters. The Morgan fingerprint density at radius 2 is 1.85 bits per heavy atom. The van der Waals surface area contributed by atoms with E-state index in [-0.39, 0.29) is 0 Å². The highest BCUT2D eigenvalue weighted by Gasteiger charge is 2.07. The van der Waals surface area contributed by atoms with Gasteiger partial charge in [0, 0.05) is 18.7 Å². The molecule has 0 saturated heterocycles. The van der Waals surface area contributed by atoms with Gasteiger partial charge in [-0.1, -0.05) is 5.16 Å². The standard InChI is InChI=1S/C15H20N2O3/c1-11-15(12(2)20-17-11)10-16-8-9-19-14-6-4-13(18-3)5-7-14/h4-7,16H,8-10H2,1-3H3. The Bertz CT molecular complexity index is 515. The minimum atomic E-state index is 0.607. The van der Waals surface area contributed by atoms with E-state index in [1.807, 2.05) is 38.1 Å². The Balaban J connectivity index is 1.69. The largest absolute Gasteiger partial charge is 0.497 e. The van der Waals surface area contributed by atoms with Gasteiger partial charge in [0.25, 0.3) is 0 Å². The lowest BCUT2D eigenvalue weighted by Gasteiger charge is -2.08. The predicted octanol–water partition coefficient (Wildman–Crippen LogP) is 2.47. The molecule has 5 heteroatoms. The van der Waals surface area contributed by atoms with Crippen LogP contribution < -0.4 is 14.8 Å². The Kier molecular flexibility index (Phi) is 5.01. The van der Waals surface area contributed by atoms with Gasteiger partial charge in [-0.25, -0.2) is 0 Å². The van der Waals surface area contributed by atoms with Crippen molar-refractivity contribution in [1.29, 1.82) is 0 Å². The van der Waals surface area contributed by atoms with E-state index in [0.717, 1.165) is 41.6 Å². The number of hydrogen-bond acceptors (Lipinski definition) is 5. The SMILES string of the molecule is COc1ccc(OCCNCc2c(C)noc2C)cc1. The molecular formula is C15H20N2O3. The lowest BCUT2D eigenvalue weighted by atomic mass is 10.2. The van der Waals surface area contributed by atoms with Crippen molar-refractivity contribution in [2.75, 3.05) is 20.3 Å². The van der Waals surface area contributed by atoms with Gasteiger partial charge in [-0.15, -0.1) is 0 Å². The van der Waals surface area contributed by atoms with E-state index in [0.29, 0.717) is 6.61 Å². The van der Waals surface area contributed by atoms with Crippen molar-refractivity contribution in [2.45, 2.75) is 20.4 Å². The number of nitrogens with one attached hydrogen (secondary N) is 1. The fraction of sp³-hybridized carbons (Fsp3) is 0.400. The number of nitrogens with zero attached hydrogens (tertiary/aromatic N) is 1. The van der Waals surface area contributed by atoms with E-state index in [2.05, 4.69) is 10.5 Å². The quantitative estimate of drug-likeness (QED) is 0.787. The molecule has 108 valence electrons. The summed E-state index contributed by atoms with van der Waals surface area (Å²) in [6, 6.07) is 7.56.